The van der Waals surface area contributed by atoms with Gasteiger partial charge in [-0.15, -0.1) is 0 Å². The van der Waals surface area contributed by atoms with Gasteiger partial charge in [0.05, 0.1) is 11.9 Å². The molecule has 2 atom stereocenters. The van der Waals surface area contributed by atoms with E-state index in [0.29, 0.717) is 5.02 Å². The van der Waals surface area contributed by atoms with Gasteiger partial charge in [-0.3, -0.25) is 0 Å². The van der Waals surface area contributed by atoms with Crippen LogP contribution in [0.1, 0.15) is 11.5 Å². The summed E-state index contributed by atoms with van der Waals surface area (Å²) in [6.45, 7) is 0.164. The topological polar surface area (TPSA) is 80.4 Å². The van der Waals surface area contributed by atoms with E-state index in [1.807, 2.05) is 0 Å². The average Bonchev–Trinajstić information content (AvgIpc) is 2.15. The van der Waals surface area contributed by atoms with E-state index < -0.39 is 21.9 Å². The second-order valence-electron chi connectivity index (χ2n) is 4.06. The minimum absolute atomic E-state index is 0.164. The number of sulfone groups is 1. The van der Waals surface area contributed by atoms with Crippen molar-refractivity contribution >= 4 is 21.4 Å². The van der Waals surface area contributed by atoms with Gasteiger partial charge in [0.2, 0.25) is 0 Å². The summed E-state index contributed by atoms with van der Waals surface area (Å²) in [4.78, 5) is 0. The second-order valence-corrected chi connectivity index (χ2v) is 6.68. The number of aliphatic hydroxyl groups is 1. The van der Waals surface area contributed by atoms with Crippen molar-refractivity contribution in [1.29, 1.82) is 0 Å². The smallest absolute Gasteiger partial charge is 0.150 e. The third-order valence-corrected chi connectivity index (χ3v) is 3.65. The molecule has 0 spiro atoms. The number of halogens is 1. The molecule has 2 unspecified atom stereocenters. The van der Waals surface area contributed by atoms with Crippen LogP contribution >= 0.6 is 11.6 Å². The molecule has 0 aliphatic heterocycles. The Morgan fingerprint density at radius 2 is 2.12 bits per heavy atom. The predicted molar refractivity (Wildman–Crippen MR) is 69.0 cm³/mol. The number of hydrogen-bond donors (Lipinski definition) is 2. The van der Waals surface area contributed by atoms with Gasteiger partial charge in [0.25, 0.3) is 0 Å². The quantitative estimate of drug-likeness (QED) is 0.834. The maximum atomic E-state index is 11.1. The molecule has 0 fully saturated rings. The molecular weight excluding hydrogens is 262 g/mol. The Morgan fingerprint density at radius 1 is 1.47 bits per heavy atom. The van der Waals surface area contributed by atoms with Crippen molar-refractivity contribution in [1.82, 2.24) is 0 Å². The fourth-order valence-electron chi connectivity index (χ4n) is 1.68. The molecule has 1 aromatic rings. The van der Waals surface area contributed by atoms with Gasteiger partial charge in [-0.2, -0.15) is 0 Å². The minimum Gasteiger partial charge on any atom is -0.391 e. The first kappa shape index (κ1) is 14.4. The van der Waals surface area contributed by atoms with E-state index >= 15 is 0 Å². The molecule has 0 aromatic heterocycles. The number of rotatable bonds is 5. The van der Waals surface area contributed by atoms with Crippen LogP contribution in [0.5, 0.6) is 0 Å². The highest BCUT2D eigenvalue weighted by Crippen LogP contribution is 2.22. The highest BCUT2D eigenvalue weighted by Gasteiger charge is 2.23. The van der Waals surface area contributed by atoms with Crippen LogP contribution < -0.4 is 5.73 Å². The van der Waals surface area contributed by atoms with Gasteiger partial charge < -0.3 is 10.8 Å². The van der Waals surface area contributed by atoms with E-state index in [1.165, 1.54) is 0 Å². The summed E-state index contributed by atoms with van der Waals surface area (Å²) in [7, 11) is -3.24. The van der Waals surface area contributed by atoms with Crippen LogP contribution in [0.2, 0.25) is 5.02 Å². The predicted octanol–water partition coefficient (Wildman–Crippen LogP) is 0.788. The van der Waals surface area contributed by atoms with Crippen molar-refractivity contribution in [2.45, 2.75) is 12.0 Å². The molecular formula is C11H16ClNO3S. The van der Waals surface area contributed by atoms with E-state index in [0.717, 1.165) is 11.8 Å². The summed E-state index contributed by atoms with van der Waals surface area (Å²) >= 11 is 5.84. The Hall–Kier alpha value is -0.620. The van der Waals surface area contributed by atoms with E-state index in [4.69, 9.17) is 17.3 Å². The molecule has 3 N–H and O–H groups in total. The first-order chi connectivity index (χ1) is 7.83. The summed E-state index contributed by atoms with van der Waals surface area (Å²) in [6.07, 6.45) is 0.0651. The van der Waals surface area contributed by atoms with Gasteiger partial charge in [-0.1, -0.05) is 23.7 Å². The van der Waals surface area contributed by atoms with Crippen LogP contribution in [0.15, 0.2) is 24.3 Å². The third kappa shape index (κ3) is 4.63. The van der Waals surface area contributed by atoms with Gasteiger partial charge in [0.1, 0.15) is 9.84 Å². The Morgan fingerprint density at radius 3 is 2.59 bits per heavy atom. The number of hydrogen-bond acceptors (Lipinski definition) is 4. The highest BCUT2D eigenvalue weighted by molar-refractivity contribution is 7.90. The fourth-order valence-corrected chi connectivity index (χ4v) is 2.73. The molecule has 96 valence electrons. The van der Waals surface area contributed by atoms with Gasteiger partial charge >= 0.3 is 0 Å². The van der Waals surface area contributed by atoms with Crippen LogP contribution in [0, 0.1) is 0 Å². The van der Waals surface area contributed by atoms with E-state index in [1.54, 1.807) is 24.3 Å². The first-order valence-electron chi connectivity index (χ1n) is 5.15. The lowest BCUT2D eigenvalue weighted by molar-refractivity contribution is 0.167. The fraction of sp³-hybridized carbons (Fsp3) is 0.455. The summed E-state index contributed by atoms with van der Waals surface area (Å²) in [5.41, 5.74) is 6.32. The normalized spacial score (nSPS) is 15.5. The highest BCUT2D eigenvalue weighted by atomic mass is 35.5. The van der Waals surface area contributed by atoms with E-state index in [2.05, 4.69) is 0 Å². The van der Waals surface area contributed by atoms with Crippen molar-refractivity contribution in [3.8, 4) is 0 Å². The van der Waals surface area contributed by atoms with Crippen molar-refractivity contribution in [2.24, 2.45) is 5.73 Å². The zero-order chi connectivity index (χ0) is 13.1. The summed E-state index contributed by atoms with van der Waals surface area (Å²) in [5, 5.41) is 10.4. The molecule has 0 aliphatic carbocycles. The SMILES string of the molecule is CS(=O)(=O)CC(O)C(CN)c1cccc(Cl)c1. The van der Waals surface area contributed by atoms with Gasteiger partial charge in [0.15, 0.2) is 0 Å². The first-order valence-corrected chi connectivity index (χ1v) is 7.58. The molecule has 1 rings (SSSR count). The molecule has 17 heavy (non-hydrogen) atoms. The molecule has 4 nitrogen and oxygen atoms in total. The van der Waals surface area contributed by atoms with Crippen LogP contribution in [0.25, 0.3) is 0 Å². The lowest BCUT2D eigenvalue weighted by atomic mass is 9.94. The van der Waals surface area contributed by atoms with Crippen LogP contribution in [0.3, 0.4) is 0 Å². The monoisotopic (exact) mass is 277 g/mol. The number of nitrogens with two attached hydrogens (primary N) is 1. The summed E-state index contributed by atoms with van der Waals surface area (Å²) < 4.78 is 22.3. The van der Waals surface area contributed by atoms with Crippen molar-refractivity contribution in [3.05, 3.63) is 34.9 Å². The Bertz CT molecular complexity index is 475. The average molecular weight is 278 g/mol. The molecule has 0 saturated heterocycles. The summed E-state index contributed by atoms with van der Waals surface area (Å²) in [5.74, 6) is -0.732. The molecule has 0 amide bonds. The van der Waals surface area contributed by atoms with Crippen LogP contribution in [-0.4, -0.2) is 38.2 Å². The van der Waals surface area contributed by atoms with Crippen molar-refractivity contribution in [3.63, 3.8) is 0 Å². The Balaban J connectivity index is 2.92. The maximum Gasteiger partial charge on any atom is 0.150 e. The lowest BCUT2D eigenvalue weighted by Crippen LogP contribution is -2.31. The maximum absolute atomic E-state index is 11.1. The van der Waals surface area contributed by atoms with Gasteiger partial charge in [0, 0.05) is 23.7 Å². The molecule has 6 heteroatoms. The second kappa shape index (κ2) is 5.82. The standard InChI is InChI=1S/C11H16ClNO3S/c1-17(15,16)7-11(14)10(6-13)8-3-2-4-9(12)5-8/h2-5,10-11,14H,6-7,13H2,1H3. The van der Waals surface area contributed by atoms with Gasteiger partial charge in [-0.25, -0.2) is 8.42 Å². The van der Waals surface area contributed by atoms with Crippen molar-refractivity contribution in [2.75, 3.05) is 18.6 Å². The number of aliphatic hydroxyl groups excluding tert-OH is 1. The third-order valence-electron chi connectivity index (χ3n) is 2.47. The largest absolute Gasteiger partial charge is 0.391 e. The van der Waals surface area contributed by atoms with E-state index in [9.17, 15) is 13.5 Å². The lowest BCUT2D eigenvalue weighted by Gasteiger charge is -2.21. The van der Waals surface area contributed by atoms with E-state index in [-0.39, 0.29) is 12.3 Å². The number of benzene rings is 1. The molecule has 0 aliphatic rings. The molecule has 1 aromatic carbocycles. The molecule has 0 radical (unpaired) electrons. The molecule has 0 bridgehead atoms. The van der Waals surface area contributed by atoms with Gasteiger partial charge in [-0.05, 0) is 17.7 Å². The molecule has 0 saturated carbocycles. The molecule has 0 heterocycles. The summed E-state index contributed by atoms with van der Waals surface area (Å²) in [6, 6.07) is 6.91. The van der Waals surface area contributed by atoms with Crippen LogP contribution in [-0.2, 0) is 9.84 Å². The zero-order valence-corrected chi connectivity index (χ0v) is 11.1. The Labute approximate surface area is 106 Å². The zero-order valence-electron chi connectivity index (χ0n) is 9.51. The van der Waals surface area contributed by atoms with Crippen molar-refractivity contribution < 1.29 is 13.5 Å². The minimum atomic E-state index is -3.24. The van der Waals surface area contributed by atoms with Crippen LogP contribution in [0.4, 0.5) is 0 Å². The Kier molecular flexibility index (Phi) is 4.94.